The summed E-state index contributed by atoms with van der Waals surface area (Å²) in [6.45, 7) is 0. The number of fused-ring (bicyclic) bond motifs is 1. The molecule has 0 aromatic carbocycles. The van der Waals surface area contributed by atoms with E-state index in [1.54, 1.807) is 0 Å². The Morgan fingerprint density at radius 1 is 1.38 bits per heavy atom. The van der Waals surface area contributed by atoms with Crippen LogP contribution < -0.4 is 0 Å². The van der Waals surface area contributed by atoms with Gasteiger partial charge in [-0.2, -0.15) is 11.8 Å². The Kier molecular flexibility index (Phi) is 3.90. The van der Waals surface area contributed by atoms with E-state index in [0.29, 0.717) is 22.9 Å². The van der Waals surface area contributed by atoms with Gasteiger partial charge in [-0.05, 0) is 30.4 Å². The van der Waals surface area contributed by atoms with Gasteiger partial charge in [0, 0.05) is 24.5 Å². The number of carbonyl (C=O) groups is 2. The van der Waals surface area contributed by atoms with E-state index < -0.39 is 5.97 Å². The van der Waals surface area contributed by atoms with E-state index in [4.69, 9.17) is 5.11 Å². The average Bonchev–Trinajstić information content (AvgIpc) is 2.72. The van der Waals surface area contributed by atoms with E-state index in [2.05, 4.69) is 0 Å². The van der Waals surface area contributed by atoms with Gasteiger partial charge in [-0.1, -0.05) is 6.42 Å². The molecular weight excluding hydrogens is 224 g/mol. The SMILES string of the molecule is O=C(O)CCCCC1SCC2CC(=O)CC21. The number of carboxylic acid groups (broad SMARTS) is 1. The highest BCUT2D eigenvalue weighted by Gasteiger charge is 2.42. The minimum absolute atomic E-state index is 0.282. The van der Waals surface area contributed by atoms with Gasteiger partial charge < -0.3 is 5.11 Å². The van der Waals surface area contributed by atoms with Gasteiger partial charge in [0.15, 0.2) is 0 Å². The van der Waals surface area contributed by atoms with Gasteiger partial charge in [0.25, 0.3) is 0 Å². The minimum Gasteiger partial charge on any atom is -0.481 e. The predicted octanol–water partition coefficient (Wildman–Crippen LogP) is 2.34. The smallest absolute Gasteiger partial charge is 0.303 e. The molecule has 2 rings (SSSR count). The fourth-order valence-corrected chi connectivity index (χ4v) is 4.62. The molecule has 1 N–H and O–H groups in total. The minimum atomic E-state index is -0.701. The van der Waals surface area contributed by atoms with Crippen LogP contribution in [0.3, 0.4) is 0 Å². The summed E-state index contributed by atoms with van der Waals surface area (Å²) < 4.78 is 0. The molecule has 2 aliphatic rings. The van der Waals surface area contributed by atoms with Crippen molar-refractivity contribution in [2.45, 2.75) is 43.8 Å². The summed E-state index contributed by atoms with van der Waals surface area (Å²) in [6, 6.07) is 0. The maximum absolute atomic E-state index is 11.3. The van der Waals surface area contributed by atoms with Crippen LogP contribution in [-0.2, 0) is 9.59 Å². The molecule has 1 saturated heterocycles. The lowest BCUT2D eigenvalue weighted by Gasteiger charge is -2.16. The number of hydrogen-bond donors (Lipinski definition) is 1. The van der Waals surface area contributed by atoms with E-state index in [1.807, 2.05) is 11.8 Å². The molecule has 90 valence electrons. The zero-order valence-electron chi connectivity index (χ0n) is 9.35. The van der Waals surface area contributed by atoms with Crippen molar-refractivity contribution in [3.63, 3.8) is 0 Å². The molecule has 16 heavy (non-hydrogen) atoms. The molecule has 1 heterocycles. The predicted molar refractivity (Wildman–Crippen MR) is 63.6 cm³/mol. The summed E-state index contributed by atoms with van der Waals surface area (Å²) in [7, 11) is 0. The van der Waals surface area contributed by atoms with E-state index in [9.17, 15) is 9.59 Å². The van der Waals surface area contributed by atoms with E-state index in [0.717, 1.165) is 37.9 Å². The maximum Gasteiger partial charge on any atom is 0.303 e. The first-order valence-electron chi connectivity index (χ1n) is 6.02. The van der Waals surface area contributed by atoms with Crippen LogP contribution in [-0.4, -0.2) is 27.9 Å². The van der Waals surface area contributed by atoms with E-state index >= 15 is 0 Å². The van der Waals surface area contributed by atoms with E-state index in [1.165, 1.54) is 0 Å². The van der Waals surface area contributed by atoms with Gasteiger partial charge in [0.2, 0.25) is 0 Å². The molecule has 0 spiro atoms. The molecular formula is C12H18O3S. The maximum atomic E-state index is 11.3. The first-order chi connectivity index (χ1) is 7.66. The third-order valence-corrected chi connectivity index (χ3v) is 5.32. The molecule has 1 aliphatic carbocycles. The van der Waals surface area contributed by atoms with Crippen LogP contribution in [0.15, 0.2) is 0 Å². The van der Waals surface area contributed by atoms with Crippen LogP contribution >= 0.6 is 11.8 Å². The number of Topliss-reactive ketones (excluding diaryl/α,β-unsaturated/α-hetero) is 1. The summed E-state index contributed by atoms with van der Waals surface area (Å²) in [5.41, 5.74) is 0. The normalized spacial score (nSPS) is 33.0. The van der Waals surface area contributed by atoms with Gasteiger partial charge in [-0.15, -0.1) is 0 Å². The largest absolute Gasteiger partial charge is 0.481 e. The van der Waals surface area contributed by atoms with Gasteiger partial charge in [-0.25, -0.2) is 0 Å². The van der Waals surface area contributed by atoms with Crippen molar-refractivity contribution in [2.75, 3.05) is 5.75 Å². The highest BCUT2D eigenvalue weighted by molar-refractivity contribution is 8.00. The lowest BCUT2D eigenvalue weighted by molar-refractivity contribution is -0.137. The van der Waals surface area contributed by atoms with Crippen LogP contribution in [0, 0.1) is 11.8 Å². The molecule has 3 nitrogen and oxygen atoms in total. The van der Waals surface area contributed by atoms with Crippen molar-refractivity contribution in [1.82, 2.24) is 0 Å². The first-order valence-corrected chi connectivity index (χ1v) is 7.07. The van der Waals surface area contributed by atoms with Gasteiger partial charge >= 0.3 is 5.97 Å². The number of carboxylic acids is 1. The fourth-order valence-electron chi connectivity index (χ4n) is 2.86. The Morgan fingerprint density at radius 2 is 2.19 bits per heavy atom. The van der Waals surface area contributed by atoms with Gasteiger partial charge in [0.1, 0.15) is 5.78 Å². The monoisotopic (exact) mass is 242 g/mol. The third kappa shape index (κ3) is 2.78. The summed E-state index contributed by atoms with van der Waals surface area (Å²) in [5.74, 6) is 2.10. The Balaban J connectivity index is 1.70. The summed E-state index contributed by atoms with van der Waals surface area (Å²) >= 11 is 2.00. The number of rotatable bonds is 5. The Bertz CT molecular complexity index is 290. The lowest BCUT2D eigenvalue weighted by atomic mass is 9.92. The zero-order chi connectivity index (χ0) is 11.5. The van der Waals surface area contributed by atoms with Crippen LogP contribution in [0.2, 0.25) is 0 Å². The Hall–Kier alpha value is -0.510. The molecule has 2 fully saturated rings. The molecule has 1 saturated carbocycles. The number of carbonyl (C=O) groups excluding carboxylic acids is 1. The van der Waals surface area contributed by atoms with Crippen molar-refractivity contribution >= 4 is 23.5 Å². The van der Waals surface area contributed by atoms with Gasteiger partial charge in [0.05, 0.1) is 0 Å². The van der Waals surface area contributed by atoms with Crippen molar-refractivity contribution in [1.29, 1.82) is 0 Å². The highest BCUT2D eigenvalue weighted by Crippen LogP contribution is 2.47. The summed E-state index contributed by atoms with van der Waals surface area (Å²) in [6.07, 6.45) is 4.71. The number of aliphatic carboxylic acids is 1. The highest BCUT2D eigenvalue weighted by atomic mass is 32.2. The fraction of sp³-hybridized carbons (Fsp3) is 0.833. The van der Waals surface area contributed by atoms with E-state index in [-0.39, 0.29) is 6.42 Å². The first kappa shape index (κ1) is 12.0. The number of unbranched alkanes of at least 4 members (excludes halogenated alkanes) is 1. The molecule has 0 radical (unpaired) electrons. The Labute approximate surface area is 100.0 Å². The second-order valence-electron chi connectivity index (χ2n) is 4.88. The third-order valence-electron chi connectivity index (χ3n) is 3.69. The standard InChI is InChI=1S/C12H18O3S/c13-9-5-8-7-16-11(10(8)6-9)3-1-2-4-12(14)15/h8,10-11H,1-7H2,(H,14,15). The number of ketones is 1. The molecule has 0 bridgehead atoms. The van der Waals surface area contributed by atoms with Crippen LogP contribution in [0.5, 0.6) is 0 Å². The Morgan fingerprint density at radius 3 is 2.94 bits per heavy atom. The quantitative estimate of drug-likeness (QED) is 0.752. The van der Waals surface area contributed by atoms with Crippen molar-refractivity contribution < 1.29 is 14.7 Å². The van der Waals surface area contributed by atoms with Gasteiger partial charge in [-0.3, -0.25) is 9.59 Å². The summed E-state index contributed by atoms with van der Waals surface area (Å²) in [4.78, 5) is 21.7. The number of hydrogen-bond acceptors (Lipinski definition) is 3. The lowest BCUT2D eigenvalue weighted by Crippen LogP contribution is -2.14. The molecule has 4 heteroatoms. The zero-order valence-corrected chi connectivity index (χ0v) is 10.2. The molecule has 1 aliphatic heterocycles. The molecule has 0 aromatic heterocycles. The summed E-state index contributed by atoms with van der Waals surface area (Å²) in [5, 5.41) is 9.16. The number of thioether (sulfide) groups is 1. The topological polar surface area (TPSA) is 54.4 Å². The van der Waals surface area contributed by atoms with Crippen molar-refractivity contribution in [2.24, 2.45) is 11.8 Å². The average molecular weight is 242 g/mol. The van der Waals surface area contributed by atoms with Crippen molar-refractivity contribution in [3.8, 4) is 0 Å². The van der Waals surface area contributed by atoms with Crippen LogP contribution in [0.4, 0.5) is 0 Å². The molecule has 0 aromatic rings. The van der Waals surface area contributed by atoms with Crippen LogP contribution in [0.25, 0.3) is 0 Å². The second-order valence-corrected chi connectivity index (χ2v) is 6.15. The van der Waals surface area contributed by atoms with Crippen molar-refractivity contribution in [3.05, 3.63) is 0 Å². The molecule has 0 amide bonds. The van der Waals surface area contributed by atoms with Crippen LogP contribution in [0.1, 0.15) is 38.5 Å². The molecule has 3 unspecified atom stereocenters. The molecule has 3 atom stereocenters. The second kappa shape index (κ2) is 5.21.